The lowest BCUT2D eigenvalue weighted by Crippen LogP contribution is -2.23. The van der Waals surface area contributed by atoms with Crippen LogP contribution in [0, 0.1) is 5.41 Å². The standard InChI is InChI=1S/C20H20N2O/c1-22(14-16-7-3-2-4-8-16)15-23-20-12-11-17(13-21)18-9-5-6-10-19(18)20/h2-13,21H,14-15H2,1H3. The molecular weight excluding hydrogens is 284 g/mol. The van der Waals surface area contributed by atoms with Gasteiger partial charge in [0.25, 0.3) is 0 Å². The van der Waals surface area contributed by atoms with Crippen molar-refractivity contribution >= 4 is 17.0 Å². The summed E-state index contributed by atoms with van der Waals surface area (Å²) in [6.45, 7) is 1.36. The second-order valence-corrected chi connectivity index (χ2v) is 5.62. The Labute approximate surface area is 136 Å². The van der Waals surface area contributed by atoms with E-state index >= 15 is 0 Å². The molecule has 0 fully saturated rings. The molecular formula is C20H20N2O. The lowest BCUT2D eigenvalue weighted by molar-refractivity contribution is 0.148. The summed E-state index contributed by atoms with van der Waals surface area (Å²) in [6, 6.07) is 22.3. The predicted octanol–water partition coefficient (Wildman–Crippen LogP) is 4.31. The normalized spacial score (nSPS) is 10.9. The molecule has 0 unspecified atom stereocenters. The highest BCUT2D eigenvalue weighted by atomic mass is 16.5. The molecule has 3 aromatic carbocycles. The Morgan fingerprint density at radius 3 is 2.35 bits per heavy atom. The number of fused-ring (bicyclic) bond motifs is 1. The van der Waals surface area contributed by atoms with Gasteiger partial charge < -0.3 is 10.1 Å². The summed E-state index contributed by atoms with van der Waals surface area (Å²) in [6.07, 6.45) is 1.38. The summed E-state index contributed by atoms with van der Waals surface area (Å²) < 4.78 is 6.00. The van der Waals surface area contributed by atoms with Crippen LogP contribution in [-0.2, 0) is 6.54 Å². The largest absolute Gasteiger partial charge is 0.477 e. The van der Waals surface area contributed by atoms with Crippen LogP contribution in [0.4, 0.5) is 0 Å². The van der Waals surface area contributed by atoms with Gasteiger partial charge in [0.15, 0.2) is 0 Å². The molecule has 0 aliphatic rings. The Morgan fingerprint density at radius 2 is 1.61 bits per heavy atom. The van der Waals surface area contributed by atoms with Gasteiger partial charge in [0.05, 0.1) is 0 Å². The topological polar surface area (TPSA) is 36.3 Å². The van der Waals surface area contributed by atoms with Crippen molar-refractivity contribution in [1.82, 2.24) is 4.90 Å². The van der Waals surface area contributed by atoms with Crippen LogP contribution in [0.3, 0.4) is 0 Å². The second kappa shape index (κ2) is 7.07. The monoisotopic (exact) mass is 304 g/mol. The zero-order valence-corrected chi connectivity index (χ0v) is 13.2. The fourth-order valence-corrected chi connectivity index (χ4v) is 2.67. The average Bonchev–Trinajstić information content (AvgIpc) is 2.60. The predicted molar refractivity (Wildman–Crippen MR) is 95.2 cm³/mol. The van der Waals surface area contributed by atoms with E-state index in [4.69, 9.17) is 10.1 Å². The van der Waals surface area contributed by atoms with Gasteiger partial charge in [-0.25, -0.2) is 0 Å². The molecule has 0 amide bonds. The molecule has 3 rings (SSSR count). The van der Waals surface area contributed by atoms with E-state index in [-0.39, 0.29) is 0 Å². The molecule has 0 heterocycles. The van der Waals surface area contributed by atoms with E-state index in [2.05, 4.69) is 17.0 Å². The third kappa shape index (κ3) is 3.58. The van der Waals surface area contributed by atoms with Crippen LogP contribution in [0.5, 0.6) is 5.75 Å². The molecule has 0 bridgehead atoms. The Kier molecular flexibility index (Phi) is 4.69. The number of rotatable bonds is 6. The van der Waals surface area contributed by atoms with E-state index in [0.717, 1.165) is 28.6 Å². The Morgan fingerprint density at radius 1 is 0.913 bits per heavy atom. The minimum Gasteiger partial charge on any atom is -0.477 e. The maximum atomic E-state index is 7.52. The number of nitrogens with one attached hydrogen (secondary N) is 1. The van der Waals surface area contributed by atoms with E-state index in [9.17, 15) is 0 Å². The second-order valence-electron chi connectivity index (χ2n) is 5.62. The van der Waals surface area contributed by atoms with Gasteiger partial charge in [-0.3, -0.25) is 4.90 Å². The van der Waals surface area contributed by atoms with Gasteiger partial charge in [-0.2, -0.15) is 0 Å². The maximum Gasteiger partial charge on any atom is 0.142 e. The highest BCUT2D eigenvalue weighted by Crippen LogP contribution is 2.27. The minimum absolute atomic E-state index is 0.517. The first-order valence-electron chi connectivity index (χ1n) is 7.65. The Hall–Kier alpha value is -2.65. The van der Waals surface area contributed by atoms with Gasteiger partial charge >= 0.3 is 0 Å². The number of benzene rings is 3. The molecule has 3 heteroatoms. The summed E-state index contributed by atoms with van der Waals surface area (Å²) in [7, 11) is 2.04. The molecule has 0 aliphatic heterocycles. The van der Waals surface area contributed by atoms with Crippen molar-refractivity contribution in [2.45, 2.75) is 6.54 Å². The van der Waals surface area contributed by atoms with Gasteiger partial charge in [-0.15, -0.1) is 0 Å². The van der Waals surface area contributed by atoms with Crippen molar-refractivity contribution in [3.63, 3.8) is 0 Å². The van der Waals surface area contributed by atoms with E-state index in [1.165, 1.54) is 11.8 Å². The van der Waals surface area contributed by atoms with Crippen LogP contribution >= 0.6 is 0 Å². The molecule has 0 aliphatic carbocycles. The summed E-state index contributed by atoms with van der Waals surface area (Å²) in [4.78, 5) is 2.13. The van der Waals surface area contributed by atoms with Crippen molar-refractivity contribution in [1.29, 1.82) is 5.41 Å². The summed E-state index contributed by atoms with van der Waals surface area (Å²) in [5.41, 5.74) is 2.17. The highest BCUT2D eigenvalue weighted by molar-refractivity contribution is 6.01. The van der Waals surface area contributed by atoms with E-state index < -0.39 is 0 Å². The van der Waals surface area contributed by atoms with Gasteiger partial charge in [0, 0.05) is 23.7 Å². The Bertz CT molecular complexity index is 799. The Balaban J connectivity index is 1.73. The van der Waals surface area contributed by atoms with Crippen LogP contribution in [0.2, 0.25) is 0 Å². The first kappa shape index (κ1) is 15.3. The number of nitrogens with zero attached hydrogens (tertiary/aromatic N) is 1. The van der Waals surface area contributed by atoms with Crippen molar-refractivity contribution in [2.75, 3.05) is 13.8 Å². The van der Waals surface area contributed by atoms with Gasteiger partial charge in [0.2, 0.25) is 0 Å². The SMILES string of the molecule is CN(COc1ccc(C=N)c2ccccc12)Cc1ccccc1. The minimum atomic E-state index is 0.517. The molecule has 0 radical (unpaired) electrons. The number of hydrogen-bond acceptors (Lipinski definition) is 3. The molecule has 23 heavy (non-hydrogen) atoms. The van der Waals surface area contributed by atoms with Crippen LogP contribution in [0.15, 0.2) is 66.7 Å². The van der Waals surface area contributed by atoms with E-state index in [0.29, 0.717) is 6.73 Å². The fourth-order valence-electron chi connectivity index (χ4n) is 2.67. The van der Waals surface area contributed by atoms with E-state index in [1.54, 1.807) is 0 Å². The fraction of sp³-hybridized carbons (Fsp3) is 0.150. The molecule has 0 spiro atoms. The summed E-state index contributed by atoms with van der Waals surface area (Å²) in [5, 5.41) is 9.61. The maximum absolute atomic E-state index is 7.52. The smallest absolute Gasteiger partial charge is 0.142 e. The number of hydrogen-bond donors (Lipinski definition) is 1. The summed E-state index contributed by atoms with van der Waals surface area (Å²) >= 11 is 0. The van der Waals surface area contributed by atoms with Crippen LogP contribution in [-0.4, -0.2) is 24.9 Å². The molecule has 0 saturated carbocycles. The van der Waals surface area contributed by atoms with Gasteiger partial charge in [0.1, 0.15) is 12.5 Å². The van der Waals surface area contributed by atoms with Crippen LogP contribution in [0.1, 0.15) is 11.1 Å². The first-order chi connectivity index (χ1) is 11.3. The van der Waals surface area contributed by atoms with Gasteiger partial charge in [-0.1, -0.05) is 54.6 Å². The lowest BCUT2D eigenvalue weighted by Gasteiger charge is -2.18. The van der Waals surface area contributed by atoms with Crippen molar-refractivity contribution in [2.24, 2.45) is 0 Å². The molecule has 0 aromatic heterocycles. The lowest BCUT2D eigenvalue weighted by atomic mass is 10.0. The zero-order chi connectivity index (χ0) is 16.1. The quantitative estimate of drug-likeness (QED) is 0.544. The van der Waals surface area contributed by atoms with Crippen LogP contribution in [0.25, 0.3) is 10.8 Å². The average molecular weight is 304 g/mol. The molecule has 0 atom stereocenters. The van der Waals surface area contributed by atoms with Crippen LogP contribution < -0.4 is 4.74 Å². The van der Waals surface area contributed by atoms with Crippen molar-refractivity contribution in [3.05, 3.63) is 77.9 Å². The third-order valence-corrected chi connectivity index (χ3v) is 3.81. The van der Waals surface area contributed by atoms with Crippen molar-refractivity contribution < 1.29 is 4.74 Å². The molecule has 116 valence electrons. The third-order valence-electron chi connectivity index (χ3n) is 3.81. The highest BCUT2D eigenvalue weighted by Gasteiger charge is 2.07. The molecule has 1 N–H and O–H groups in total. The summed E-state index contributed by atoms with van der Waals surface area (Å²) in [5.74, 6) is 0.853. The number of ether oxygens (including phenoxy) is 1. The molecule has 0 saturated heterocycles. The zero-order valence-electron chi connectivity index (χ0n) is 13.2. The first-order valence-corrected chi connectivity index (χ1v) is 7.65. The molecule has 3 nitrogen and oxygen atoms in total. The van der Waals surface area contributed by atoms with Gasteiger partial charge in [-0.05, 0) is 30.1 Å². The molecule has 3 aromatic rings. The van der Waals surface area contributed by atoms with E-state index in [1.807, 2.05) is 61.6 Å². The van der Waals surface area contributed by atoms with Crippen molar-refractivity contribution in [3.8, 4) is 5.75 Å².